The second-order valence-corrected chi connectivity index (χ2v) is 5.83. The molecular weight excluding hydrogens is 270 g/mol. The topological polar surface area (TPSA) is 73.6 Å². The number of ether oxygens (including phenoxy) is 2. The first-order valence-electron chi connectivity index (χ1n) is 7.48. The molecule has 7 nitrogen and oxygen atoms in total. The van der Waals surface area contributed by atoms with Crippen molar-refractivity contribution in [3.63, 3.8) is 0 Å². The van der Waals surface area contributed by atoms with Gasteiger partial charge < -0.3 is 14.8 Å². The Morgan fingerprint density at radius 3 is 2.86 bits per heavy atom. The fraction of sp³-hybridized carbons (Fsp3) is 0.643. The molecule has 2 aromatic rings. The van der Waals surface area contributed by atoms with Crippen LogP contribution in [0.3, 0.4) is 0 Å². The van der Waals surface area contributed by atoms with Gasteiger partial charge in [0.2, 0.25) is 0 Å². The van der Waals surface area contributed by atoms with Crippen molar-refractivity contribution in [1.29, 1.82) is 0 Å². The number of aromatic nitrogens is 4. The first-order chi connectivity index (χ1) is 10.2. The van der Waals surface area contributed by atoms with Crippen molar-refractivity contribution in [2.45, 2.75) is 37.9 Å². The Morgan fingerprint density at radius 2 is 2.10 bits per heavy atom. The van der Waals surface area contributed by atoms with Crippen molar-refractivity contribution in [3.8, 4) is 0 Å². The van der Waals surface area contributed by atoms with Gasteiger partial charge in [-0.25, -0.2) is 0 Å². The Bertz CT molecular complexity index is 646. The molecule has 7 heteroatoms. The van der Waals surface area contributed by atoms with E-state index in [-0.39, 0.29) is 0 Å². The van der Waals surface area contributed by atoms with Gasteiger partial charge in [-0.15, -0.1) is 15.3 Å². The van der Waals surface area contributed by atoms with Crippen LogP contribution in [0.2, 0.25) is 0 Å². The third kappa shape index (κ3) is 2.58. The fourth-order valence-corrected chi connectivity index (χ4v) is 2.61. The van der Waals surface area contributed by atoms with Gasteiger partial charge in [-0.05, 0) is 31.9 Å². The van der Waals surface area contributed by atoms with E-state index in [0.29, 0.717) is 19.1 Å². The number of anilines is 1. The summed E-state index contributed by atoms with van der Waals surface area (Å²) in [4.78, 5) is 0. The molecule has 0 aromatic carbocycles. The molecule has 0 radical (unpaired) electrons. The van der Waals surface area contributed by atoms with Crippen LogP contribution in [0.25, 0.3) is 5.65 Å². The quantitative estimate of drug-likeness (QED) is 0.900. The lowest BCUT2D eigenvalue weighted by molar-refractivity contribution is -0.144. The minimum Gasteiger partial charge on any atom is -0.368 e. The molecule has 1 aliphatic heterocycles. The summed E-state index contributed by atoms with van der Waals surface area (Å²) in [7, 11) is 0. The van der Waals surface area contributed by atoms with Gasteiger partial charge in [-0.3, -0.25) is 0 Å². The molecule has 0 spiro atoms. The fourth-order valence-electron chi connectivity index (χ4n) is 2.61. The summed E-state index contributed by atoms with van der Waals surface area (Å²) in [5.74, 6) is 1.86. The molecule has 2 fully saturated rings. The number of nitrogens with one attached hydrogen (secondary N) is 1. The maximum atomic E-state index is 5.59. The maximum absolute atomic E-state index is 5.59. The second-order valence-electron chi connectivity index (χ2n) is 5.83. The standard InChI is InChI=1S/C14H19N5O2/c1-14(20-8-9-21-14)6-7-15-11-4-5-12-16-17-13(10-2-3-10)19(12)18-11/h4-5,10H,2-3,6-9H2,1H3,(H,15,18). The zero-order chi connectivity index (χ0) is 14.3. The van der Waals surface area contributed by atoms with Gasteiger partial charge in [0, 0.05) is 18.9 Å². The van der Waals surface area contributed by atoms with Gasteiger partial charge in [0.1, 0.15) is 5.82 Å². The lowest BCUT2D eigenvalue weighted by Crippen LogP contribution is -2.28. The number of hydrogen-bond acceptors (Lipinski definition) is 6. The third-order valence-corrected chi connectivity index (χ3v) is 4.01. The van der Waals surface area contributed by atoms with Crippen molar-refractivity contribution in [1.82, 2.24) is 19.8 Å². The zero-order valence-electron chi connectivity index (χ0n) is 12.1. The minimum atomic E-state index is -0.465. The van der Waals surface area contributed by atoms with Gasteiger partial charge in [0.05, 0.1) is 13.2 Å². The molecule has 1 aliphatic carbocycles. The highest BCUT2D eigenvalue weighted by molar-refractivity contribution is 5.44. The third-order valence-electron chi connectivity index (χ3n) is 4.01. The van der Waals surface area contributed by atoms with Crippen molar-refractivity contribution in [2.75, 3.05) is 25.1 Å². The van der Waals surface area contributed by atoms with Crippen molar-refractivity contribution in [3.05, 3.63) is 18.0 Å². The summed E-state index contributed by atoms with van der Waals surface area (Å²) >= 11 is 0. The van der Waals surface area contributed by atoms with Gasteiger partial charge in [-0.1, -0.05) is 0 Å². The Balaban J connectivity index is 1.45. The second kappa shape index (κ2) is 4.92. The minimum absolute atomic E-state index is 0.465. The lowest BCUT2D eigenvalue weighted by atomic mass is 10.2. The number of hydrogen-bond donors (Lipinski definition) is 1. The molecule has 1 N–H and O–H groups in total. The van der Waals surface area contributed by atoms with Crippen LogP contribution in [0.1, 0.15) is 37.9 Å². The summed E-state index contributed by atoms with van der Waals surface area (Å²) in [6.45, 7) is 4.07. The highest BCUT2D eigenvalue weighted by Crippen LogP contribution is 2.38. The van der Waals surface area contributed by atoms with Gasteiger partial charge in [-0.2, -0.15) is 4.52 Å². The van der Waals surface area contributed by atoms with Gasteiger partial charge in [0.15, 0.2) is 17.3 Å². The summed E-state index contributed by atoms with van der Waals surface area (Å²) in [6.07, 6.45) is 3.16. The normalized spacial score (nSPS) is 21.0. The monoisotopic (exact) mass is 289 g/mol. The lowest BCUT2D eigenvalue weighted by Gasteiger charge is -2.22. The first-order valence-corrected chi connectivity index (χ1v) is 7.48. The van der Waals surface area contributed by atoms with Crippen molar-refractivity contribution >= 4 is 11.5 Å². The van der Waals surface area contributed by atoms with Gasteiger partial charge in [0.25, 0.3) is 0 Å². The Kier molecular flexibility index (Phi) is 3.04. The molecule has 112 valence electrons. The molecule has 1 saturated carbocycles. The van der Waals surface area contributed by atoms with Crippen molar-refractivity contribution < 1.29 is 9.47 Å². The predicted octanol–water partition coefficient (Wildman–Crippen LogP) is 1.57. The Hall–Kier alpha value is -1.73. The van der Waals surface area contributed by atoms with E-state index in [2.05, 4.69) is 20.6 Å². The van der Waals surface area contributed by atoms with Crippen LogP contribution in [-0.4, -0.2) is 45.4 Å². The van der Waals surface area contributed by atoms with E-state index in [4.69, 9.17) is 9.47 Å². The SMILES string of the molecule is CC1(CCNc2ccc3nnc(C4CC4)n3n2)OCCO1. The van der Waals surface area contributed by atoms with Crippen LogP contribution in [0.5, 0.6) is 0 Å². The summed E-state index contributed by atoms with van der Waals surface area (Å²) in [6, 6.07) is 3.87. The molecule has 21 heavy (non-hydrogen) atoms. The van der Waals surface area contributed by atoms with Crippen molar-refractivity contribution in [2.24, 2.45) is 0 Å². The number of fused-ring (bicyclic) bond motifs is 1. The molecule has 2 aromatic heterocycles. The molecule has 1 saturated heterocycles. The zero-order valence-corrected chi connectivity index (χ0v) is 12.1. The highest BCUT2D eigenvalue weighted by Gasteiger charge is 2.30. The van der Waals surface area contributed by atoms with E-state index < -0.39 is 5.79 Å². The largest absolute Gasteiger partial charge is 0.368 e. The molecule has 0 amide bonds. The molecule has 4 rings (SSSR count). The Labute approximate surface area is 122 Å². The van der Waals surface area contributed by atoms with Crippen LogP contribution >= 0.6 is 0 Å². The highest BCUT2D eigenvalue weighted by atomic mass is 16.7. The molecule has 2 aliphatic rings. The maximum Gasteiger partial charge on any atom is 0.178 e. The molecular formula is C14H19N5O2. The smallest absolute Gasteiger partial charge is 0.178 e. The average Bonchev–Trinajstić information content (AvgIpc) is 3.09. The molecule has 0 atom stereocenters. The van der Waals surface area contributed by atoms with E-state index in [1.165, 1.54) is 12.8 Å². The summed E-state index contributed by atoms with van der Waals surface area (Å²) in [5, 5.41) is 16.3. The van der Waals surface area contributed by atoms with E-state index >= 15 is 0 Å². The summed E-state index contributed by atoms with van der Waals surface area (Å²) < 4.78 is 13.0. The summed E-state index contributed by atoms with van der Waals surface area (Å²) in [5.41, 5.74) is 0.803. The predicted molar refractivity (Wildman–Crippen MR) is 76.2 cm³/mol. The number of nitrogens with zero attached hydrogens (tertiary/aromatic N) is 4. The van der Waals surface area contributed by atoms with E-state index in [1.54, 1.807) is 0 Å². The van der Waals surface area contributed by atoms with Crippen LogP contribution in [0.15, 0.2) is 12.1 Å². The van der Waals surface area contributed by atoms with E-state index in [1.807, 2.05) is 23.6 Å². The van der Waals surface area contributed by atoms with E-state index in [0.717, 1.165) is 30.3 Å². The Morgan fingerprint density at radius 1 is 1.29 bits per heavy atom. The van der Waals surface area contributed by atoms with Crippen LogP contribution in [0.4, 0.5) is 5.82 Å². The molecule has 0 unspecified atom stereocenters. The van der Waals surface area contributed by atoms with Crippen LogP contribution in [-0.2, 0) is 9.47 Å². The molecule has 3 heterocycles. The van der Waals surface area contributed by atoms with Crippen LogP contribution < -0.4 is 5.32 Å². The number of rotatable bonds is 5. The molecule has 0 bridgehead atoms. The first kappa shape index (κ1) is 13.0. The van der Waals surface area contributed by atoms with Crippen LogP contribution in [0, 0.1) is 0 Å². The average molecular weight is 289 g/mol. The van der Waals surface area contributed by atoms with Gasteiger partial charge >= 0.3 is 0 Å². The van der Waals surface area contributed by atoms with E-state index in [9.17, 15) is 0 Å².